The van der Waals surface area contributed by atoms with Gasteiger partial charge in [-0.25, -0.2) is 4.39 Å². The molecule has 1 aromatic carbocycles. The van der Waals surface area contributed by atoms with Gasteiger partial charge in [-0.1, -0.05) is 94.4 Å². The Morgan fingerprint density at radius 2 is 1.59 bits per heavy atom. The zero-order valence-corrected chi connectivity index (χ0v) is 15.8. The number of hydrogen-bond acceptors (Lipinski definition) is 1. The Balaban J connectivity index is 2.01. The van der Waals surface area contributed by atoms with Crippen LogP contribution in [0, 0.1) is 0 Å². The molecule has 27 heavy (non-hydrogen) atoms. The maximum absolute atomic E-state index is 14.7. The summed E-state index contributed by atoms with van der Waals surface area (Å²) in [6.45, 7) is 2.14. The van der Waals surface area contributed by atoms with Gasteiger partial charge in [-0.3, -0.25) is 4.74 Å². The van der Waals surface area contributed by atoms with Crippen molar-refractivity contribution in [2.24, 2.45) is 0 Å². The summed E-state index contributed by atoms with van der Waals surface area (Å²) in [6.07, 6.45) is 4.78. The normalized spacial score (nSPS) is 20.3. The molecular weight excluding hydrogens is 356 g/mol. The Bertz CT molecular complexity index is 633. The second-order valence-corrected chi connectivity index (χ2v) is 7.18. The van der Waals surface area contributed by atoms with Gasteiger partial charge in [-0.15, -0.1) is 13.2 Å². The van der Waals surface area contributed by atoms with Gasteiger partial charge in [-0.05, 0) is 12.0 Å². The first-order valence-corrected chi connectivity index (χ1v) is 9.75. The minimum Gasteiger partial charge on any atom is -0.281 e. The predicted molar refractivity (Wildman–Crippen MR) is 101 cm³/mol. The number of alkyl halides is 3. The van der Waals surface area contributed by atoms with Gasteiger partial charge in [0.25, 0.3) is 0 Å². The zero-order valence-electron chi connectivity index (χ0n) is 15.8. The smallest absolute Gasteiger partial charge is 0.281 e. The predicted octanol–water partition coefficient (Wildman–Crippen LogP) is 7.74. The van der Waals surface area contributed by atoms with Crippen molar-refractivity contribution < 1.29 is 22.3 Å². The van der Waals surface area contributed by atoms with Crippen molar-refractivity contribution in [3.05, 3.63) is 53.9 Å². The largest absolute Gasteiger partial charge is 0.523 e. The van der Waals surface area contributed by atoms with Crippen LogP contribution in [0.25, 0.3) is 5.57 Å². The first-order valence-electron chi connectivity index (χ1n) is 9.75. The van der Waals surface area contributed by atoms with Crippen LogP contribution in [-0.2, 0) is 4.74 Å². The van der Waals surface area contributed by atoms with E-state index in [0.717, 1.165) is 32.1 Å². The molecule has 0 N–H and O–H groups in total. The Kier molecular flexibility index (Phi) is 8.08. The van der Waals surface area contributed by atoms with Crippen LogP contribution in [0.15, 0.2) is 48.3 Å². The number of benzene rings is 1. The highest BCUT2D eigenvalue weighted by molar-refractivity contribution is 5.77. The van der Waals surface area contributed by atoms with Crippen LogP contribution in [0.3, 0.4) is 0 Å². The summed E-state index contributed by atoms with van der Waals surface area (Å²) in [7, 11) is 0. The molecule has 0 spiro atoms. The maximum atomic E-state index is 14.7. The van der Waals surface area contributed by atoms with E-state index in [0.29, 0.717) is 17.6 Å². The Morgan fingerprint density at radius 3 is 2.19 bits per heavy atom. The fourth-order valence-electron chi connectivity index (χ4n) is 3.52. The van der Waals surface area contributed by atoms with Crippen molar-refractivity contribution in [1.82, 2.24) is 0 Å². The number of rotatable bonds is 10. The SMILES string of the molecule is CCCCCCCCCC1(OC(F)(F)F)C=CC(c2ccccc2)=C(F)C1. The molecule has 1 aliphatic carbocycles. The van der Waals surface area contributed by atoms with E-state index in [1.54, 1.807) is 24.3 Å². The topological polar surface area (TPSA) is 9.23 Å². The third-order valence-electron chi connectivity index (χ3n) is 4.91. The molecule has 1 atom stereocenters. The Hall–Kier alpha value is -1.62. The summed E-state index contributed by atoms with van der Waals surface area (Å²) in [5.41, 5.74) is -0.663. The van der Waals surface area contributed by atoms with Crippen molar-refractivity contribution in [2.45, 2.75) is 76.7 Å². The number of allylic oxidation sites excluding steroid dienone is 2. The first kappa shape index (κ1) is 21.7. The summed E-state index contributed by atoms with van der Waals surface area (Å²) >= 11 is 0. The highest BCUT2D eigenvalue weighted by atomic mass is 19.4. The molecule has 0 saturated carbocycles. The van der Waals surface area contributed by atoms with E-state index in [2.05, 4.69) is 11.7 Å². The monoisotopic (exact) mass is 384 g/mol. The lowest BCUT2D eigenvalue weighted by molar-refractivity contribution is -0.359. The average Bonchev–Trinajstić information content (AvgIpc) is 2.60. The molecule has 0 saturated heterocycles. The van der Waals surface area contributed by atoms with Crippen molar-refractivity contribution >= 4 is 5.57 Å². The van der Waals surface area contributed by atoms with E-state index in [4.69, 9.17) is 0 Å². The quantitative estimate of drug-likeness (QED) is 0.296. The number of hydrogen-bond donors (Lipinski definition) is 0. The molecule has 0 amide bonds. The molecule has 150 valence electrons. The van der Waals surface area contributed by atoms with Crippen LogP contribution in [0.5, 0.6) is 0 Å². The van der Waals surface area contributed by atoms with Gasteiger partial charge in [0.2, 0.25) is 0 Å². The molecule has 0 radical (unpaired) electrons. The van der Waals surface area contributed by atoms with Crippen LogP contribution in [0.2, 0.25) is 0 Å². The standard InChI is InChI=1S/C22H28F4O/c1-2-3-4-5-6-7-11-15-21(27-22(24,25)26)16-14-19(20(23)17-21)18-12-9-8-10-13-18/h8-10,12-14,16H,2-7,11,15,17H2,1H3. The lowest BCUT2D eigenvalue weighted by atomic mass is 9.84. The Labute approximate surface area is 159 Å². The first-order chi connectivity index (χ1) is 12.9. The van der Waals surface area contributed by atoms with Crippen LogP contribution in [0.1, 0.15) is 70.3 Å². The van der Waals surface area contributed by atoms with Gasteiger partial charge in [0.1, 0.15) is 11.4 Å². The fraction of sp³-hybridized carbons (Fsp3) is 0.545. The molecule has 0 heterocycles. The molecule has 5 heteroatoms. The highest BCUT2D eigenvalue weighted by Crippen LogP contribution is 2.41. The van der Waals surface area contributed by atoms with Gasteiger partial charge in [0.15, 0.2) is 0 Å². The van der Waals surface area contributed by atoms with Crippen molar-refractivity contribution in [3.63, 3.8) is 0 Å². The van der Waals surface area contributed by atoms with Crippen LogP contribution < -0.4 is 0 Å². The third kappa shape index (κ3) is 7.13. The average molecular weight is 384 g/mol. The van der Waals surface area contributed by atoms with Gasteiger partial charge < -0.3 is 0 Å². The number of halogens is 4. The second-order valence-electron chi connectivity index (χ2n) is 7.18. The molecule has 0 bridgehead atoms. The van der Waals surface area contributed by atoms with Gasteiger partial charge >= 0.3 is 6.36 Å². The lowest BCUT2D eigenvalue weighted by Gasteiger charge is -2.34. The van der Waals surface area contributed by atoms with E-state index < -0.39 is 17.8 Å². The molecule has 1 nitrogen and oxygen atoms in total. The zero-order chi connectivity index (χ0) is 19.8. The molecule has 0 aliphatic heterocycles. The van der Waals surface area contributed by atoms with Gasteiger partial charge in [0, 0.05) is 12.0 Å². The summed E-state index contributed by atoms with van der Waals surface area (Å²) in [4.78, 5) is 0. The minimum atomic E-state index is -4.80. The summed E-state index contributed by atoms with van der Waals surface area (Å²) in [5, 5.41) is 0. The molecule has 2 rings (SSSR count). The summed E-state index contributed by atoms with van der Waals surface area (Å²) in [5.74, 6) is -0.559. The summed E-state index contributed by atoms with van der Waals surface area (Å²) < 4.78 is 58.0. The van der Waals surface area contributed by atoms with Crippen molar-refractivity contribution in [1.29, 1.82) is 0 Å². The fourth-order valence-corrected chi connectivity index (χ4v) is 3.52. The van der Waals surface area contributed by atoms with Crippen molar-refractivity contribution in [3.8, 4) is 0 Å². The maximum Gasteiger partial charge on any atom is 0.523 e. The van der Waals surface area contributed by atoms with Crippen LogP contribution in [-0.4, -0.2) is 12.0 Å². The number of ether oxygens (including phenoxy) is 1. The third-order valence-corrected chi connectivity index (χ3v) is 4.91. The van der Waals surface area contributed by atoms with E-state index in [-0.39, 0.29) is 12.8 Å². The van der Waals surface area contributed by atoms with E-state index in [1.165, 1.54) is 18.6 Å². The van der Waals surface area contributed by atoms with Crippen LogP contribution >= 0.6 is 0 Å². The van der Waals surface area contributed by atoms with E-state index in [1.807, 2.05) is 6.07 Å². The minimum absolute atomic E-state index is 0.159. The van der Waals surface area contributed by atoms with E-state index in [9.17, 15) is 17.6 Å². The molecule has 0 aromatic heterocycles. The molecule has 0 fully saturated rings. The molecule has 1 aromatic rings. The van der Waals surface area contributed by atoms with Gasteiger partial charge in [-0.2, -0.15) is 0 Å². The number of unbranched alkanes of at least 4 members (excludes halogenated alkanes) is 6. The van der Waals surface area contributed by atoms with Gasteiger partial charge in [0.05, 0.1) is 0 Å². The van der Waals surface area contributed by atoms with Crippen LogP contribution in [0.4, 0.5) is 17.6 Å². The summed E-state index contributed by atoms with van der Waals surface area (Å²) in [6, 6.07) is 8.85. The Morgan fingerprint density at radius 1 is 0.963 bits per heavy atom. The van der Waals surface area contributed by atoms with E-state index >= 15 is 0 Å². The highest BCUT2D eigenvalue weighted by Gasteiger charge is 2.44. The molecule has 1 aliphatic rings. The van der Waals surface area contributed by atoms with Crippen molar-refractivity contribution in [2.75, 3.05) is 0 Å². The second kappa shape index (κ2) is 10.1. The molecular formula is C22H28F4O. The lowest BCUT2D eigenvalue weighted by Crippen LogP contribution is -2.38. The molecule has 1 unspecified atom stereocenters.